The average Bonchev–Trinajstić information content (AvgIpc) is 3.23. The van der Waals surface area contributed by atoms with Crippen LogP contribution in [0.15, 0.2) is 50.9 Å². The first kappa shape index (κ1) is 15.7. The van der Waals surface area contributed by atoms with Crippen LogP contribution in [0.4, 0.5) is 0 Å². The Kier molecular flexibility index (Phi) is 5.04. The predicted molar refractivity (Wildman–Crippen MR) is 89.6 cm³/mol. The van der Waals surface area contributed by atoms with E-state index in [4.69, 9.17) is 9.15 Å². The second-order valence-corrected chi connectivity index (χ2v) is 6.17. The zero-order valence-electron chi connectivity index (χ0n) is 11.9. The van der Waals surface area contributed by atoms with Crippen LogP contribution < -0.4 is 10.1 Å². The van der Waals surface area contributed by atoms with Gasteiger partial charge in [0.1, 0.15) is 12.3 Å². The van der Waals surface area contributed by atoms with Gasteiger partial charge in [0.25, 0.3) is 5.91 Å². The van der Waals surface area contributed by atoms with E-state index in [2.05, 4.69) is 31.4 Å². The van der Waals surface area contributed by atoms with Crippen molar-refractivity contribution in [3.63, 3.8) is 0 Å². The molecule has 0 aliphatic rings. The molecule has 3 aromatic rings. The number of ether oxygens (including phenoxy) is 1. The van der Waals surface area contributed by atoms with Gasteiger partial charge in [-0.3, -0.25) is 4.79 Å². The molecule has 0 saturated heterocycles. The van der Waals surface area contributed by atoms with Crippen molar-refractivity contribution in [1.82, 2.24) is 15.5 Å². The lowest BCUT2D eigenvalue weighted by Gasteiger charge is -2.06. The highest BCUT2D eigenvalue weighted by atomic mass is 79.9. The molecule has 3 aromatic heterocycles. The maximum Gasteiger partial charge on any atom is 0.287 e. The number of nitrogens with zero attached hydrogens (tertiary/aromatic N) is 2. The van der Waals surface area contributed by atoms with Gasteiger partial charge in [-0.05, 0) is 45.6 Å². The Balaban J connectivity index is 1.45. The largest absolute Gasteiger partial charge is 0.475 e. The van der Waals surface area contributed by atoms with Crippen molar-refractivity contribution in [2.45, 2.75) is 0 Å². The standard InChI is InChI=1S/C15H12BrN3O3S/c16-13-5-4-11(22-13)15(20)17-7-8-21-14-6-3-10(18-19-14)12-2-1-9-23-12/h1-6,9H,7-8H2,(H,17,20). The summed E-state index contributed by atoms with van der Waals surface area (Å²) >= 11 is 4.75. The van der Waals surface area contributed by atoms with Crippen LogP contribution in [0, 0.1) is 0 Å². The summed E-state index contributed by atoms with van der Waals surface area (Å²) in [6, 6.07) is 10.8. The van der Waals surface area contributed by atoms with Crippen molar-refractivity contribution in [2.24, 2.45) is 0 Å². The van der Waals surface area contributed by atoms with Crippen LogP contribution in [0.1, 0.15) is 10.6 Å². The van der Waals surface area contributed by atoms with E-state index in [1.807, 2.05) is 23.6 Å². The van der Waals surface area contributed by atoms with Gasteiger partial charge in [-0.2, -0.15) is 0 Å². The van der Waals surface area contributed by atoms with E-state index < -0.39 is 0 Å². The molecule has 118 valence electrons. The van der Waals surface area contributed by atoms with Crippen molar-refractivity contribution in [3.8, 4) is 16.5 Å². The van der Waals surface area contributed by atoms with Gasteiger partial charge in [0.15, 0.2) is 10.4 Å². The minimum atomic E-state index is -0.293. The Labute approximate surface area is 144 Å². The van der Waals surface area contributed by atoms with Crippen LogP contribution in [0.3, 0.4) is 0 Å². The zero-order chi connectivity index (χ0) is 16.1. The summed E-state index contributed by atoms with van der Waals surface area (Å²) in [6.45, 7) is 0.631. The maximum atomic E-state index is 11.7. The molecule has 0 saturated carbocycles. The first-order valence-electron chi connectivity index (χ1n) is 6.76. The number of hydrogen-bond donors (Lipinski definition) is 1. The van der Waals surface area contributed by atoms with Gasteiger partial charge >= 0.3 is 0 Å². The van der Waals surface area contributed by atoms with Gasteiger partial charge in [-0.1, -0.05) is 6.07 Å². The van der Waals surface area contributed by atoms with E-state index in [1.54, 1.807) is 29.5 Å². The van der Waals surface area contributed by atoms with Crippen LogP contribution in [-0.4, -0.2) is 29.3 Å². The number of halogens is 1. The number of amides is 1. The molecule has 23 heavy (non-hydrogen) atoms. The molecule has 0 aliphatic heterocycles. The molecule has 0 spiro atoms. The molecule has 0 aliphatic carbocycles. The number of rotatable bonds is 6. The highest BCUT2D eigenvalue weighted by Crippen LogP contribution is 2.22. The molecule has 0 aromatic carbocycles. The molecule has 1 N–H and O–H groups in total. The maximum absolute atomic E-state index is 11.7. The van der Waals surface area contributed by atoms with Crippen LogP contribution in [0.5, 0.6) is 5.88 Å². The molecule has 0 unspecified atom stereocenters. The number of aromatic nitrogens is 2. The monoisotopic (exact) mass is 393 g/mol. The minimum absolute atomic E-state index is 0.247. The Hall–Kier alpha value is -2.19. The molecule has 0 radical (unpaired) electrons. The summed E-state index contributed by atoms with van der Waals surface area (Å²) in [5, 5.41) is 12.8. The zero-order valence-corrected chi connectivity index (χ0v) is 14.3. The third-order valence-corrected chi connectivity index (χ3v) is 4.17. The van der Waals surface area contributed by atoms with Crippen LogP contribution in [-0.2, 0) is 0 Å². The highest BCUT2D eigenvalue weighted by molar-refractivity contribution is 9.10. The van der Waals surface area contributed by atoms with Gasteiger partial charge in [-0.15, -0.1) is 21.5 Å². The Morgan fingerprint density at radius 3 is 2.83 bits per heavy atom. The molecule has 0 atom stereocenters. The van der Waals surface area contributed by atoms with E-state index in [-0.39, 0.29) is 11.7 Å². The van der Waals surface area contributed by atoms with E-state index in [0.29, 0.717) is 23.7 Å². The Morgan fingerprint density at radius 1 is 1.26 bits per heavy atom. The summed E-state index contributed by atoms with van der Waals surface area (Å²) in [5.41, 5.74) is 0.809. The predicted octanol–water partition coefficient (Wildman–Crippen LogP) is 3.37. The van der Waals surface area contributed by atoms with E-state index >= 15 is 0 Å². The number of nitrogens with one attached hydrogen (secondary N) is 1. The fraction of sp³-hybridized carbons (Fsp3) is 0.133. The second kappa shape index (κ2) is 7.38. The fourth-order valence-corrected chi connectivity index (χ4v) is 2.79. The molecule has 0 fully saturated rings. The van der Waals surface area contributed by atoms with Crippen molar-refractivity contribution < 1.29 is 13.9 Å². The summed E-state index contributed by atoms with van der Waals surface area (Å²) in [7, 11) is 0. The van der Waals surface area contributed by atoms with Gasteiger partial charge in [0, 0.05) is 6.07 Å². The lowest BCUT2D eigenvalue weighted by Crippen LogP contribution is -2.27. The topological polar surface area (TPSA) is 77.2 Å². The highest BCUT2D eigenvalue weighted by Gasteiger charge is 2.09. The van der Waals surface area contributed by atoms with Crippen LogP contribution in [0.25, 0.3) is 10.6 Å². The number of furan rings is 1. The van der Waals surface area contributed by atoms with Crippen LogP contribution >= 0.6 is 27.3 Å². The molecule has 3 rings (SSSR count). The third kappa shape index (κ3) is 4.17. The fourth-order valence-electron chi connectivity index (χ4n) is 1.80. The van der Waals surface area contributed by atoms with E-state index in [0.717, 1.165) is 10.6 Å². The molecule has 6 nitrogen and oxygen atoms in total. The van der Waals surface area contributed by atoms with Gasteiger partial charge < -0.3 is 14.5 Å². The van der Waals surface area contributed by atoms with Gasteiger partial charge in [0.2, 0.25) is 5.88 Å². The smallest absolute Gasteiger partial charge is 0.287 e. The SMILES string of the molecule is O=C(NCCOc1ccc(-c2cccs2)nn1)c1ccc(Br)o1. The average molecular weight is 394 g/mol. The Bertz CT molecular complexity index is 772. The van der Waals surface area contributed by atoms with Crippen LogP contribution in [0.2, 0.25) is 0 Å². The van der Waals surface area contributed by atoms with Gasteiger partial charge in [-0.25, -0.2) is 0 Å². The molecular formula is C15H12BrN3O3S. The van der Waals surface area contributed by atoms with E-state index in [9.17, 15) is 4.79 Å². The first-order valence-corrected chi connectivity index (χ1v) is 8.43. The minimum Gasteiger partial charge on any atom is -0.475 e. The van der Waals surface area contributed by atoms with E-state index in [1.165, 1.54) is 0 Å². The lowest BCUT2D eigenvalue weighted by molar-refractivity contribution is 0.0917. The summed E-state index contributed by atoms with van der Waals surface area (Å²) in [6.07, 6.45) is 0. The first-order chi connectivity index (χ1) is 11.2. The molecule has 0 bridgehead atoms. The van der Waals surface area contributed by atoms with Crippen molar-refractivity contribution >= 4 is 33.2 Å². The summed E-state index contributed by atoms with van der Waals surface area (Å²) in [5.74, 6) is 0.371. The lowest BCUT2D eigenvalue weighted by atomic mass is 10.3. The number of thiophene rings is 1. The molecular weight excluding hydrogens is 382 g/mol. The number of carbonyl (C=O) groups excluding carboxylic acids is 1. The summed E-state index contributed by atoms with van der Waals surface area (Å²) < 4.78 is 11.1. The molecule has 1 amide bonds. The normalized spacial score (nSPS) is 10.5. The quantitative estimate of drug-likeness (QED) is 0.649. The number of hydrogen-bond acceptors (Lipinski definition) is 6. The number of carbonyl (C=O) groups is 1. The Morgan fingerprint density at radius 2 is 2.17 bits per heavy atom. The van der Waals surface area contributed by atoms with Crippen molar-refractivity contribution in [2.75, 3.05) is 13.2 Å². The summed E-state index contributed by atoms with van der Waals surface area (Å²) in [4.78, 5) is 12.8. The molecule has 8 heteroatoms. The van der Waals surface area contributed by atoms with Gasteiger partial charge in [0.05, 0.1) is 11.4 Å². The second-order valence-electron chi connectivity index (χ2n) is 4.44. The molecule has 3 heterocycles. The van der Waals surface area contributed by atoms with Crippen molar-refractivity contribution in [1.29, 1.82) is 0 Å². The third-order valence-electron chi connectivity index (χ3n) is 2.85. The van der Waals surface area contributed by atoms with Crippen molar-refractivity contribution in [3.05, 3.63) is 52.2 Å².